The third-order valence-corrected chi connectivity index (χ3v) is 3.21. The molecule has 1 saturated heterocycles. The Morgan fingerprint density at radius 3 is 3.10 bits per heavy atom. The minimum absolute atomic E-state index is 0.164. The summed E-state index contributed by atoms with van der Waals surface area (Å²) in [5.74, 6) is 0.508. The first-order valence-electron chi connectivity index (χ1n) is 6.92. The Labute approximate surface area is 119 Å². The summed E-state index contributed by atoms with van der Waals surface area (Å²) in [4.78, 5) is 0. The van der Waals surface area contributed by atoms with Crippen molar-refractivity contribution in [3.63, 3.8) is 0 Å². The van der Waals surface area contributed by atoms with Gasteiger partial charge in [0.15, 0.2) is 0 Å². The molecule has 2 unspecified atom stereocenters. The number of para-hydroxylation sites is 1. The Kier molecular flexibility index (Phi) is 5.81. The summed E-state index contributed by atoms with van der Waals surface area (Å²) in [6.45, 7) is 2.21. The molecule has 5 heteroatoms. The van der Waals surface area contributed by atoms with Gasteiger partial charge in [0.2, 0.25) is 0 Å². The number of nitrogens with zero attached hydrogens (tertiary/aromatic N) is 1. The number of nitrogens with one attached hydrogen (secondary N) is 1. The van der Waals surface area contributed by atoms with Crippen molar-refractivity contribution in [2.24, 2.45) is 0 Å². The average Bonchev–Trinajstić information content (AvgIpc) is 2.98. The van der Waals surface area contributed by atoms with Gasteiger partial charge in [-0.25, -0.2) is 0 Å². The number of hydrogen-bond acceptors (Lipinski definition) is 5. The van der Waals surface area contributed by atoms with Gasteiger partial charge in [-0.2, -0.15) is 5.26 Å². The fraction of sp³-hybridized carbons (Fsp3) is 0.533. The van der Waals surface area contributed by atoms with Crippen LogP contribution in [0.2, 0.25) is 0 Å². The molecular weight excluding hydrogens is 256 g/mol. The van der Waals surface area contributed by atoms with Crippen molar-refractivity contribution < 1.29 is 14.6 Å². The van der Waals surface area contributed by atoms with Crippen LogP contribution in [0.15, 0.2) is 24.3 Å². The molecule has 0 radical (unpaired) electrons. The Morgan fingerprint density at radius 1 is 1.50 bits per heavy atom. The molecule has 0 aliphatic carbocycles. The highest BCUT2D eigenvalue weighted by Crippen LogP contribution is 2.16. The van der Waals surface area contributed by atoms with Gasteiger partial charge in [0.05, 0.1) is 11.7 Å². The summed E-state index contributed by atoms with van der Waals surface area (Å²) in [5.41, 5.74) is 0.479. The van der Waals surface area contributed by atoms with Crippen molar-refractivity contribution in [2.45, 2.75) is 25.0 Å². The first kappa shape index (κ1) is 14.8. The van der Waals surface area contributed by atoms with E-state index >= 15 is 0 Å². The Balaban J connectivity index is 1.66. The van der Waals surface area contributed by atoms with E-state index in [1.807, 2.05) is 0 Å². The molecule has 2 atom stereocenters. The molecule has 1 heterocycles. The van der Waals surface area contributed by atoms with Crippen LogP contribution >= 0.6 is 0 Å². The zero-order valence-electron chi connectivity index (χ0n) is 11.4. The molecule has 2 N–H and O–H groups in total. The lowest BCUT2D eigenvalue weighted by Crippen LogP contribution is -2.35. The van der Waals surface area contributed by atoms with Crippen LogP contribution in [-0.4, -0.2) is 43.6 Å². The first-order chi connectivity index (χ1) is 9.79. The van der Waals surface area contributed by atoms with Gasteiger partial charge in [-0.3, -0.25) is 0 Å². The van der Waals surface area contributed by atoms with Gasteiger partial charge in [0, 0.05) is 19.7 Å². The van der Waals surface area contributed by atoms with Gasteiger partial charge in [-0.1, -0.05) is 12.1 Å². The minimum Gasteiger partial charge on any atom is -0.489 e. The van der Waals surface area contributed by atoms with Gasteiger partial charge >= 0.3 is 0 Å². The smallest absolute Gasteiger partial charge is 0.137 e. The Hall–Kier alpha value is -1.61. The molecule has 5 nitrogen and oxygen atoms in total. The highest BCUT2D eigenvalue weighted by Gasteiger charge is 2.15. The van der Waals surface area contributed by atoms with E-state index in [9.17, 15) is 5.11 Å². The van der Waals surface area contributed by atoms with E-state index in [0.717, 1.165) is 26.0 Å². The van der Waals surface area contributed by atoms with Crippen LogP contribution in [0, 0.1) is 11.3 Å². The van der Waals surface area contributed by atoms with Crippen molar-refractivity contribution in [2.75, 3.05) is 26.3 Å². The second-order valence-electron chi connectivity index (χ2n) is 4.87. The molecule has 0 aromatic heterocycles. The monoisotopic (exact) mass is 276 g/mol. The normalized spacial score (nSPS) is 19.5. The van der Waals surface area contributed by atoms with E-state index in [-0.39, 0.29) is 12.7 Å². The number of rotatable bonds is 7. The van der Waals surface area contributed by atoms with Crippen molar-refractivity contribution in [1.82, 2.24) is 5.32 Å². The summed E-state index contributed by atoms with van der Waals surface area (Å²) >= 11 is 0. The van der Waals surface area contributed by atoms with E-state index in [1.165, 1.54) is 0 Å². The zero-order valence-corrected chi connectivity index (χ0v) is 11.4. The Morgan fingerprint density at radius 2 is 2.35 bits per heavy atom. The van der Waals surface area contributed by atoms with Crippen LogP contribution in [0.5, 0.6) is 5.75 Å². The van der Waals surface area contributed by atoms with E-state index < -0.39 is 6.10 Å². The first-order valence-corrected chi connectivity index (χ1v) is 6.92. The minimum atomic E-state index is -0.608. The van der Waals surface area contributed by atoms with E-state index in [1.54, 1.807) is 24.3 Å². The Bertz CT molecular complexity index is 453. The van der Waals surface area contributed by atoms with Crippen LogP contribution in [0.4, 0.5) is 0 Å². The summed E-state index contributed by atoms with van der Waals surface area (Å²) in [5, 5.41) is 21.9. The van der Waals surface area contributed by atoms with Crippen LogP contribution in [0.3, 0.4) is 0 Å². The molecule has 0 amide bonds. The fourth-order valence-electron chi connectivity index (χ4n) is 2.15. The van der Waals surface area contributed by atoms with Crippen molar-refractivity contribution in [3.05, 3.63) is 29.8 Å². The van der Waals surface area contributed by atoms with Gasteiger partial charge in [0.25, 0.3) is 0 Å². The largest absolute Gasteiger partial charge is 0.489 e. The highest BCUT2D eigenvalue weighted by atomic mass is 16.5. The van der Waals surface area contributed by atoms with Gasteiger partial charge in [-0.15, -0.1) is 0 Å². The molecule has 2 rings (SSSR count). The van der Waals surface area contributed by atoms with Crippen molar-refractivity contribution in [3.8, 4) is 11.8 Å². The molecule has 0 bridgehead atoms. The number of ether oxygens (including phenoxy) is 2. The van der Waals surface area contributed by atoms with E-state index in [2.05, 4.69) is 11.4 Å². The number of hydrogen-bond donors (Lipinski definition) is 2. The summed E-state index contributed by atoms with van der Waals surface area (Å²) in [6, 6.07) is 9.07. The maximum absolute atomic E-state index is 9.84. The number of nitriles is 1. The van der Waals surface area contributed by atoms with Crippen LogP contribution in [-0.2, 0) is 4.74 Å². The van der Waals surface area contributed by atoms with E-state index in [4.69, 9.17) is 14.7 Å². The molecule has 1 aromatic carbocycles. The molecule has 1 aromatic rings. The topological polar surface area (TPSA) is 74.5 Å². The molecule has 0 spiro atoms. The van der Waals surface area contributed by atoms with E-state index in [0.29, 0.717) is 17.9 Å². The predicted molar refractivity (Wildman–Crippen MR) is 74.5 cm³/mol. The molecule has 108 valence electrons. The molecule has 1 fully saturated rings. The molecule has 1 aliphatic rings. The third kappa shape index (κ3) is 4.49. The standard InChI is InChI=1S/C15H20N2O3/c16-8-12-4-1-2-6-15(12)20-11-13(18)9-17-10-14-5-3-7-19-14/h1-2,4,6,13-14,17-18H,3,5,7,9-11H2. The van der Waals surface area contributed by atoms with Gasteiger partial charge < -0.3 is 19.9 Å². The second kappa shape index (κ2) is 7.85. The lowest BCUT2D eigenvalue weighted by atomic mass is 10.2. The maximum Gasteiger partial charge on any atom is 0.137 e. The number of aliphatic hydroxyl groups is 1. The number of aliphatic hydroxyl groups excluding tert-OH is 1. The summed E-state index contributed by atoms with van der Waals surface area (Å²) in [7, 11) is 0. The third-order valence-electron chi connectivity index (χ3n) is 3.21. The summed E-state index contributed by atoms with van der Waals surface area (Å²) < 4.78 is 11.0. The predicted octanol–water partition coefficient (Wildman–Crippen LogP) is 1.07. The maximum atomic E-state index is 9.84. The lowest BCUT2D eigenvalue weighted by Gasteiger charge is -2.15. The quantitative estimate of drug-likeness (QED) is 0.779. The van der Waals surface area contributed by atoms with Crippen LogP contribution in [0.1, 0.15) is 18.4 Å². The van der Waals surface area contributed by atoms with Gasteiger partial charge in [-0.05, 0) is 25.0 Å². The average molecular weight is 276 g/mol. The molecule has 1 aliphatic heterocycles. The second-order valence-corrected chi connectivity index (χ2v) is 4.87. The molecule has 0 saturated carbocycles. The van der Waals surface area contributed by atoms with Crippen LogP contribution < -0.4 is 10.1 Å². The number of benzene rings is 1. The molecular formula is C15H20N2O3. The zero-order chi connectivity index (χ0) is 14.2. The lowest BCUT2D eigenvalue weighted by molar-refractivity contribution is 0.0881. The summed E-state index contributed by atoms with van der Waals surface area (Å²) in [6.07, 6.45) is 1.85. The van der Waals surface area contributed by atoms with Crippen molar-refractivity contribution in [1.29, 1.82) is 5.26 Å². The highest BCUT2D eigenvalue weighted by molar-refractivity contribution is 5.42. The van der Waals surface area contributed by atoms with Crippen molar-refractivity contribution >= 4 is 0 Å². The van der Waals surface area contributed by atoms with Gasteiger partial charge in [0.1, 0.15) is 24.5 Å². The fourth-order valence-corrected chi connectivity index (χ4v) is 2.15. The van der Waals surface area contributed by atoms with Crippen LogP contribution in [0.25, 0.3) is 0 Å². The molecule has 20 heavy (non-hydrogen) atoms. The SMILES string of the molecule is N#Cc1ccccc1OCC(O)CNCC1CCCO1.